The summed E-state index contributed by atoms with van der Waals surface area (Å²) in [6.07, 6.45) is 5.69. The van der Waals surface area contributed by atoms with Gasteiger partial charge in [-0.25, -0.2) is 9.67 Å². The zero-order valence-electron chi connectivity index (χ0n) is 12.3. The Labute approximate surface area is 115 Å². The van der Waals surface area contributed by atoms with Gasteiger partial charge < -0.3 is 10.1 Å². The van der Waals surface area contributed by atoms with Crippen LogP contribution in [-0.2, 0) is 11.3 Å². The van der Waals surface area contributed by atoms with E-state index in [0.29, 0.717) is 12.6 Å². The van der Waals surface area contributed by atoms with E-state index in [1.54, 1.807) is 7.11 Å². The molecule has 5 nitrogen and oxygen atoms in total. The lowest BCUT2D eigenvalue weighted by Crippen LogP contribution is -2.23. The van der Waals surface area contributed by atoms with Crippen molar-refractivity contribution in [1.82, 2.24) is 20.1 Å². The molecule has 0 aromatic carbocycles. The smallest absolute Gasteiger partial charge is 0.164 e. The van der Waals surface area contributed by atoms with Gasteiger partial charge in [0.25, 0.3) is 0 Å². The molecule has 1 aliphatic carbocycles. The number of methoxy groups -OCH3 is 1. The molecule has 0 saturated heterocycles. The zero-order chi connectivity index (χ0) is 13.7. The van der Waals surface area contributed by atoms with E-state index in [0.717, 1.165) is 30.8 Å². The van der Waals surface area contributed by atoms with E-state index < -0.39 is 0 Å². The van der Waals surface area contributed by atoms with Crippen molar-refractivity contribution in [3.8, 4) is 0 Å². The summed E-state index contributed by atoms with van der Waals surface area (Å²) >= 11 is 0. The van der Waals surface area contributed by atoms with Gasteiger partial charge in [0.05, 0.1) is 19.2 Å². The summed E-state index contributed by atoms with van der Waals surface area (Å²) in [5.41, 5.74) is 0. The fraction of sp³-hybridized carbons (Fsp3) is 0.857. The van der Waals surface area contributed by atoms with Gasteiger partial charge in [0.2, 0.25) is 0 Å². The fourth-order valence-electron chi connectivity index (χ4n) is 3.06. The summed E-state index contributed by atoms with van der Waals surface area (Å²) in [6.45, 7) is 6.95. The molecule has 2 rings (SSSR count). The number of aromatic nitrogens is 3. The maximum Gasteiger partial charge on any atom is 0.164 e. The molecule has 1 N–H and O–H groups in total. The van der Waals surface area contributed by atoms with Crippen LogP contribution >= 0.6 is 0 Å². The molecular formula is C14H26N4O. The quantitative estimate of drug-likeness (QED) is 0.800. The molecule has 1 aliphatic rings. The van der Waals surface area contributed by atoms with Crippen molar-refractivity contribution >= 4 is 0 Å². The largest absolute Gasteiger partial charge is 0.383 e. The summed E-state index contributed by atoms with van der Waals surface area (Å²) in [5, 5.41) is 7.88. The van der Waals surface area contributed by atoms with Crippen molar-refractivity contribution in [3.63, 3.8) is 0 Å². The van der Waals surface area contributed by atoms with Crippen LogP contribution < -0.4 is 5.32 Å². The summed E-state index contributed by atoms with van der Waals surface area (Å²) in [4.78, 5) is 4.39. The van der Waals surface area contributed by atoms with E-state index >= 15 is 0 Å². The van der Waals surface area contributed by atoms with Crippen molar-refractivity contribution in [1.29, 1.82) is 0 Å². The molecular weight excluding hydrogens is 240 g/mol. The minimum Gasteiger partial charge on any atom is -0.383 e. The van der Waals surface area contributed by atoms with Crippen LogP contribution in [-0.4, -0.2) is 35.0 Å². The molecule has 0 radical (unpaired) electrons. The van der Waals surface area contributed by atoms with E-state index in [2.05, 4.69) is 33.9 Å². The normalized spacial score (nSPS) is 27.6. The van der Waals surface area contributed by atoms with E-state index in [1.807, 2.05) is 6.33 Å². The van der Waals surface area contributed by atoms with E-state index in [4.69, 9.17) is 4.74 Å². The molecule has 0 aliphatic heterocycles. The third-order valence-corrected chi connectivity index (χ3v) is 3.85. The average Bonchev–Trinajstić information content (AvgIpc) is 2.82. The number of rotatable bonds is 6. The highest BCUT2D eigenvalue weighted by Crippen LogP contribution is 2.35. The Morgan fingerprint density at radius 1 is 1.32 bits per heavy atom. The van der Waals surface area contributed by atoms with Gasteiger partial charge in [-0.15, -0.1) is 0 Å². The topological polar surface area (TPSA) is 52.0 Å². The molecule has 108 valence electrons. The van der Waals surface area contributed by atoms with Crippen molar-refractivity contribution in [2.45, 2.75) is 45.7 Å². The molecule has 0 bridgehead atoms. The summed E-state index contributed by atoms with van der Waals surface area (Å²) < 4.78 is 7.06. The van der Waals surface area contributed by atoms with Crippen LogP contribution in [0.2, 0.25) is 0 Å². The Kier molecular flexibility index (Phi) is 5.34. The van der Waals surface area contributed by atoms with Crippen LogP contribution in [0, 0.1) is 11.8 Å². The fourth-order valence-corrected chi connectivity index (χ4v) is 3.06. The van der Waals surface area contributed by atoms with Gasteiger partial charge in [0, 0.05) is 13.7 Å². The second kappa shape index (κ2) is 7.01. The van der Waals surface area contributed by atoms with Crippen molar-refractivity contribution < 1.29 is 4.74 Å². The van der Waals surface area contributed by atoms with E-state index in [-0.39, 0.29) is 0 Å². The maximum absolute atomic E-state index is 5.00. The highest BCUT2D eigenvalue weighted by Gasteiger charge is 2.25. The molecule has 1 aromatic rings. The van der Waals surface area contributed by atoms with Crippen LogP contribution in [0.5, 0.6) is 0 Å². The van der Waals surface area contributed by atoms with Gasteiger partial charge in [-0.1, -0.05) is 13.8 Å². The first-order valence-corrected chi connectivity index (χ1v) is 7.28. The van der Waals surface area contributed by atoms with Gasteiger partial charge >= 0.3 is 0 Å². The van der Waals surface area contributed by atoms with Gasteiger partial charge in [0.1, 0.15) is 6.33 Å². The summed E-state index contributed by atoms with van der Waals surface area (Å²) in [5.74, 6) is 2.46. The molecule has 5 heteroatoms. The van der Waals surface area contributed by atoms with E-state index in [1.165, 1.54) is 19.3 Å². The molecule has 1 saturated carbocycles. The van der Waals surface area contributed by atoms with Gasteiger partial charge in [-0.3, -0.25) is 0 Å². The van der Waals surface area contributed by atoms with Crippen LogP contribution in [0.3, 0.4) is 0 Å². The number of nitrogens with one attached hydrogen (secondary N) is 1. The standard InChI is InChI=1S/C14H26N4O/c1-11-6-12(2)8-13(7-11)18-10-16-14(17-18)9-15-4-5-19-3/h10-13,15H,4-9H2,1-3H3. The Morgan fingerprint density at radius 3 is 2.74 bits per heavy atom. The highest BCUT2D eigenvalue weighted by molar-refractivity contribution is 4.85. The van der Waals surface area contributed by atoms with Crippen molar-refractivity contribution in [2.24, 2.45) is 11.8 Å². The first-order valence-electron chi connectivity index (χ1n) is 7.28. The predicted octanol–water partition coefficient (Wildman–Crippen LogP) is 2.01. The lowest BCUT2D eigenvalue weighted by atomic mass is 9.80. The number of ether oxygens (including phenoxy) is 1. The molecule has 19 heavy (non-hydrogen) atoms. The minimum absolute atomic E-state index is 0.527. The molecule has 2 atom stereocenters. The molecule has 0 spiro atoms. The Balaban J connectivity index is 1.85. The first kappa shape index (κ1) is 14.5. The van der Waals surface area contributed by atoms with Crippen LogP contribution in [0.25, 0.3) is 0 Å². The number of hydrogen-bond acceptors (Lipinski definition) is 4. The van der Waals surface area contributed by atoms with Gasteiger partial charge in [0.15, 0.2) is 5.82 Å². The van der Waals surface area contributed by atoms with Crippen LogP contribution in [0.1, 0.15) is 45.0 Å². The van der Waals surface area contributed by atoms with Crippen molar-refractivity contribution in [3.05, 3.63) is 12.2 Å². The Bertz CT molecular complexity index is 369. The van der Waals surface area contributed by atoms with Crippen LogP contribution in [0.4, 0.5) is 0 Å². The predicted molar refractivity (Wildman–Crippen MR) is 74.8 cm³/mol. The van der Waals surface area contributed by atoms with E-state index in [9.17, 15) is 0 Å². The van der Waals surface area contributed by atoms with Gasteiger partial charge in [-0.2, -0.15) is 5.10 Å². The number of nitrogens with zero attached hydrogens (tertiary/aromatic N) is 3. The molecule has 1 heterocycles. The van der Waals surface area contributed by atoms with Crippen molar-refractivity contribution in [2.75, 3.05) is 20.3 Å². The van der Waals surface area contributed by atoms with Gasteiger partial charge in [-0.05, 0) is 31.1 Å². The first-order chi connectivity index (χ1) is 9.19. The monoisotopic (exact) mass is 266 g/mol. The molecule has 2 unspecified atom stereocenters. The number of hydrogen-bond donors (Lipinski definition) is 1. The maximum atomic E-state index is 5.00. The molecule has 1 fully saturated rings. The molecule has 0 amide bonds. The third-order valence-electron chi connectivity index (χ3n) is 3.85. The zero-order valence-corrected chi connectivity index (χ0v) is 12.3. The Morgan fingerprint density at radius 2 is 2.05 bits per heavy atom. The van der Waals surface area contributed by atoms with Crippen LogP contribution in [0.15, 0.2) is 6.33 Å². The third kappa shape index (κ3) is 4.28. The summed E-state index contributed by atoms with van der Waals surface area (Å²) in [6, 6.07) is 0.527. The lowest BCUT2D eigenvalue weighted by Gasteiger charge is -2.31. The average molecular weight is 266 g/mol. The SMILES string of the molecule is COCCNCc1ncn(C2CC(C)CC(C)C2)n1. The lowest BCUT2D eigenvalue weighted by molar-refractivity contribution is 0.198. The summed E-state index contributed by atoms with van der Waals surface area (Å²) in [7, 11) is 1.71. The highest BCUT2D eigenvalue weighted by atomic mass is 16.5. The second-order valence-electron chi connectivity index (χ2n) is 5.88. The minimum atomic E-state index is 0.527. The Hall–Kier alpha value is -0.940. The second-order valence-corrected chi connectivity index (χ2v) is 5.88. The molecule has 1 aromatic heterocycles.